The summed E-state index contributed by atoms with van der Waals surface area (Å²) in [5.41, 5.74) is 3.26. The third-order valence-electron chi connectivity index (χ3n) is 2.87. The van der Waals surface area contributed by atoms with Crippen molar-refractivity contribution < 1.29 is 9.90 Å². The molecule has 0 aliphatic heterocycles. The summed E-state index contributed by atoms with van der Waals surface area (Å²) in [6.45, 7) is 1.52. The fourth-order valence-electron chi connectivity index (χ4n) is 1.71. The molecule has 94 valence electrons. The quantitative estimate of drug-likeness (QED) is 0.783. The van der Waals surface area contributed by atoms with Crippen molar-refractivity contribution >= 4 is 12.0 Å². The van der Waals surface area contributed by atoms with Crippen LogP contribution in [0.1, 0.15) is 12.5 Å². The smallest absolute Gasteiger partial charge is 0.159 e. The Kier molecular flexibility index (Phi) is 4.04. The average Bonchev–Trinajstić information content (AvgIpc) is 2.46. The van der Waals surface area contributed by atoms with E-state index in [0.717, 1.165) is 16.7 Å². The van der Waals surface area contributed by atoms with Crippen LogP contribution in [-0.4, -0.2) is 5.97 Å². The highest BCUT2D eigenvalue weighted by Gasteiger charge is 2.06. The SMILES string of the molecule is C[C+](/C=C/c1ccc(-c2ccccc2)cc1)C(=O)[O-]. The maximum absolute atomic E-state index is 10.6. The van der Waals surface area contributed by atoms with E-state index in [4.69, 9.17) is 0 Å². The van der Waals surface area contributed by atoms with E-state index in [-0.39, 0.29) is 5.92 Å². The molecule has 2 rings (SSSR count). The van der Waals surface area contributed by atoms with Crippen LogP contribution in [0.5, 0.6) is 0 Å². The van der Waals surface area contributed by atoms with Crippen molar-refractivity contribution in [3.63, 3.8) is 0 Å². The normalized spacial score (nSPS) is 10.6. The van der Waals surface area contributed by atoms with Gasteiger partial charge in [0.2, 0.25) is 0 Å². The molecular formula is C17H14O2. The van der Waals surface area contributed by atoms with Crippen molar-refractivity contribution in [2.75, 3.05) is 0 Å². The monoisotopic (exact) mass is 250 g/mol. The summed E-state index contributed by atoms with van der Waals surface area (Å²) in [6.07, 6.45) is 3.31. The lowest BCUT2D eigenvalue weighted by Crippen LogP contribution is -2.26. The van der Waals surface area contributed by atoms with Gasteiger partial charge in [0.05, 0.1) is 11.6 Å². The van der Waals surface area contributed by atoms with Crippen LogP contribution in [-0.2, 0) is 4.79 Å². The minimum absolute atomic E-state index is 0.215. The second-order valence-electron chi connectivity index (χ2n) is 4.29. The number of hydrogen-bond donors (Lipinski definition) is 0. The molecule has 0 atom stereocenters. The Morgan fingerprint density at radius 3 is 2.16 bits per heavy atom. The number of carbonyl (C=O) groups is 1. The minimum atomic E-state index is -1.14. The van der Waals surface area contributed by atoms with Gasteiger partial charge in [0.15, 0.2) is 5.97 Å². The van der Waals surface area contributed by atoms with Crippen molar-refractivity contribution in [1.82, 2.24) is 0 Å². The van der Waals surface area contributed by atoms with E-state index in [1.807, 2.05) is 42.5 Å². The molecule has 2 aromatic rings. The zero-order valence-electron chi connectivity index (χ0n) is 10.7. The predicted molar refractivity (Wildman–Crippen MR) is 74.8 cm³/mol. The molecule has 0 aromatic heterocycles. The Bertz CT molecular complexity index is 568. The number of carbonyl (C=O) groups excluding carboxylic acids is 1. The molecule has 0 unspecified atom stereocenters. The average molecular weight is 250 g/mol. The molecule has 0 heterocycles. The van der Waals surface area contributed by atoms with E-state index in [2.05, 4.69) is 12.1 Å². The van der Waals surface area contributed by atoms with Crippen molar-refractivity contribution in [2.24, 2.45) is 0 Å². The summed E-state index contributed by atoms with van der Waals surface area (Å²) < 4.78 is 0. The lowest BCUT2D eigenvalue weighted by atomic mass is 10.0. The molecule has 2 aromatic carbocycles. The van der Waals surface area contributed by atoms with Crippen molar-refractivity contribution in [2.45, 2.75) is 6.92 Å². The zero-order chi connectivity index (χ0) is 13.7. The van der Waals surface area contributed by atoms with Gasteiger partial charge < -0.3 is 9.90 Å². The number of hydrogen-bond acceptors (Lipinski definition) is 2. The second kappa shape index (κ2) is 5.91. The second-order valence-corrected chi connectivity index (χ2v) is 4.29. The Morgan fingerprint density at radius 1 is 1.00 bits per heavy atom. The van der Waals surface area contributed by atoms with E-state index in [9.17, 15) is 9.90 Å². The van der Waals surface area contributed by atoms with Gasteiger partial charge in [-0.05, 0) is 23.3 Å². The summed E-state index contributed by atoms with van der Waals surface area (Å²) in [5, 5.41) is 10.6. The summed E-state index contributed by atoms with van der Waals surface area (Å²) in [7, 11) is 0. The highest BCUT2D eigenvalue weighted by Crippen LogP contribution is 2.19. The Morgan fingerprint density at radius 2 is 1.58 bits per heavy atom. The first kappa shape index (κ1) is 13.0. The minimum Gasteiger partial charge on any atom is -0.526 e. The molecule has 0 radical (unpaired) electrons. The molecule has 0 aliphatic carbocycles. The Balaban J connectivity index is 2.13. The standard InChI is InChI=1S/C17H14O2/c1-13(17(18)19)7-8-14-9-11-16(12-10-14)15-5-3-2-4-6-15/h2-12H,1H3/b8-7+. The molecule has 19 heavy (non-hydrogen) atoms. The van der Waals surface area contributed by atoms with Crippen LogP contribution in [0.4, 0.5) is 0 Å². The zero-order valence-corrected chi connectivity index (χ0v) is 10.7. The summed E-state index contributed by atoms with van der Waals surface area (Å²) in [6, 6.07) is 18.1. The summed E-state index contributed by atoms with van der Waals surface area (Å²) >= 11 is 0. The molecule has 0 aliphatic rings. The molecule has 0 fully saturated rings. The van der Waals surface area contributed by atoms with Crippen LogP contribution < -0.4 is 5.11 Å². The summed E-state index contributed by atoms with van der Waals surface area (Å²) in [4.78, 5) is 10.6. The molecular weight excluding hydrogens is 236 g/mol. The van der Waals surface area contributed by atoms with Crippen molar-refractivity contribution in [1.29, 1.82) is 0 Å². The van der Waals surface area contributed by atoms with Gasteiger partial charge in [-0.15, -0.1) is 0 Å². The fraction of sp³-hybridized carbons (Fsp3) is 0.0588. The lowest BCUT2D eigenvalue weighted by molar-refractivity contribution is -0.301. The van der Waals surface area contributed by atoms with Crippen LogP contribution in [0.3, 0.4) is 0 Å². The topological polar surface area (TPSA) is 40.1 Å². The molecule has 0 N–H and O–H groups in total. The molecule has 0 saturated heterocycles. The molecule has 2 nitrogen and oxygen atoms in total. The van der Waals surface area contributed by atoms with E-state index >= 15 is 0 Å². The van der Waals surface area contributed by atoms with Gasteiger partial charge in [-0.3, -0.25) is 0 Å². The molecule has 2 heteroatoms. The molecule has 0 amide bonds. The van der Waals surface area contributed by atoms with Crippen LogP contribution in [0.25, 0.3) is 17.2 Å². The largest absolute Gasteiger partial charge is 0.526 e. The van der Waals surface area contributed by atoms with Gasteiger partial charge in [-0.2, -0.15) is 0 Å². The van der Waals surface area contributed by atoms with Gasteiger partial charge >= 0.3 is 0 Å². The maximum atomic E-state index is 10.6. The highest BCUT2D eigenvalue weighted by molar-refractivity contribution is 5.84. The van der Waals surface area contributed by atoms with Crippen molar-refractivity contribution in [3.8, 4) is 11.1 Å². The first-order chi connectivity index (χ1) is 9.16. The van der Waals surface area contributed by atoms with Crippen LogP contribution in [0.2, 0.25) is 0 Å². The Hall–Kier alpha value is -2.48. The number of benzene rings is 2. The van der Waals surface area contributed by atoms with Crippen LogP contribution >= 0.6 is 0 Å². The Labute approximate surface area is 113 Å². The molecule has 0 saturated carbocycles. The van der Waals surface area contributed by atoms with Gasteiger partial charge in [0, 0.05) is 6.92 Å². The van der Waals surface area contributed by atoms with Crippen LogP contribution in [0.15, 0.2) is 60.7 Å². The number of rotatable bonds is 4. The maximum Gasteiger partial charge on any atom is 0.159 e. The molecule has 0 bridgehead atoms. The van der Waals surface area contributed by atoms with Crippen LogP contribution in [0, 0.1) is 5.92 Å². The summed E-state index contributed by atoms with van der Waals surface area (Å²) in [5.74, 6) is -0.927. The van der Waals surface area contributed by atoms with Gasteiger partial charge in [-0.1, -0.05) is 42.5 Å². The molecule has 0 spiro atoms. The first-order valence-corrected chi connectivity index (χ1v) is 6.05. The third-order valence-corrected chi connectivity index (χ3v) is 2.87. The third kappa shape index (κ3) is 3.49. The number of carboxylic acids is 1. The number of aliphatic carboxylic acids is 1. The fourth-order valence-corrected chi connectivity index (χ4v) is 1.71. The van der Waals surface area contributed by atoms with Crippen molar-refractivity contribution in [3.05, 3.63) is 72.2 Å². The van der Waals surface area contributed by atoms with E-state index in [1.54, 1.807) is 12.2 Å². The lowest BCUT2D eigenvalue weighted by Gasteiger charge is -2.01. The van der Waals surface area contributed by atoms with E-state index in [0.29, 0.717) is 0 Å². The van der Waals surface area contributed by atoms with Gasteiger partial charge in [-0.25, -0.2) is 0 Å². The number of carboxylic acid groups (broad SMARTS) is 1. The van der Waals surface area contributed by atoms with Gasteiger partial charge in [0.25, 0.3) is 0 Å². The predicted octanol–water partition coefficient (Wildman–Crippen LogP) is 2.71. The van der Waals surface area contributed by atoms with E-state index < -0.39 is 5.97 Å². The van der Waals surface area contributed by atoms with E-state index in [1.165, 1.54) is 6.92 Å². The highest BCUT2D eigenvalue weighted by atomic mass is 16.4. The van der Waals surface area contributed by atoms with Gasteiger partial charge in [0.1, 0.15) is 12.0 Å². The first-order valence-electron chi connectivity index (χ1n) is 6.05.